The zero-order valence-corrected chi connectivity index (χ0v) is 20.3. The molecule has 0 saturated carbocycles. The molecule has 7 heteroatoms. The molecule has 0 bridgehead atoms. The molecule has 3 heterocycles. The molecule has 0 aliphatic carbocycles. The highest BCUT2D eigenvalue weighted by molar-refractivity contribution is 5.82. The standard InChI is InChI=1S/C26H38N4O3/c1-19-23(26(28-27-19)20-9-11-22(33-3)12-10-20)17-25(31)30(15-16-32-2)18-21-7-6-14-29-13-5-4-8-24(21)29/h9-12,21,24H,4-8,13-18H2,1-3H3,(H,27,28)/t21-,24+/m0/s1. The Morgan fingerprint density at radius 1 is 1.15 bits per heavy atom. The molecule has 0 radical (unpaired) electrons. The summed E-state index contributed by atoms with van der Waals surface area (Å²) in [4.78, 5) is 18.3. The number of carbonyl (C=O) groups excluding carboxylic acids is 1. The number of amides is 1. The highest BCUT2D eigenvalue weighted by Crippen LogP contribution is 2.32. The summed E-state index contributed by atoms with van der Waals surface area (Å²) < 4.78 is 10.6. The van der Waals surface area contributed by atoms with Crippen molar-refractivity contribution in [2.24, 2.45) is 5.92 Å². The van der Waals surface area contributed by atoms with Crippen molar-refractivity contribution in [2.75, 3.05) is 47.0 Å². The Morgan fingerprint density at radius 2 is 1.94 bits per heavy atom. The lowest BCUT2D eigenvalue weighted by molar-refractivity contribution is -0.132. The van der Waals surface area contributed by atoms with Crippen molar-refractivity contribution in [3.8, 4) is 17.0 Å². The van der Waals surface area contributed by atoms with Crippen molar-refractivity contribution < 1.29 is 14.3 Å². The molecular formula is C26H38N4O3. The fourth-order valence-corrected chi connectivity index (χ4v) is 5.51. The maximum Gasteiger partial charge on any atom is 0.227 e. The molecule has 2 aliphatic rings. The third-order valence-electron chi connectivity index (χ3n) is 7.37. The smallest absolute Gasteiger partial charge is 0.227 e. The van der Waals surface area contributed by atoms with E-state index in [1.54, 1.807) is 14.2 Å². The second-order valence-electron chi connectivity index (χ2n) is 9.42. The van der Waals surface area contributed by atoms with Gasteiger partial charge in [-0.2, -0.15) is 5.10 Å². The summed E-state index contributed by atoms with van der Waals surface area (Å²) in [5, 5.41) is 7.60. The van der Waals surface area contributed by atoms with Gasteiger partial charge < -0.3 is 19.3 Å². The number of nitrogens with one attached hydrogen (secondary N) is 1. The molecule has 1 N–H and O–H groups in total. The molecule has 1 aromatic carbocycles. The zero-order valence-electron chi connectivity index (χ0n) is 20.3. The number of aromatic nitrogens is 2. The van der Waals surface area contributed by atoms with E-state index in [2.05, 4.69) is 15.1 Å². The van der Waals surface area contributed by atoms with Crippen LogP contribution in [0.1, 0.15) is 43.4 Å². The summed E-state index contributed by atoms with van der Waals surface area (Å²) >= 11 is 0. The number of benzene rings is 1. The number of aryl methyl sites for hydroxylation is 1. The van der Waals surface area contributed by atoms with Gasteiger partial charge in [-0.15, -0.1) is 0 Å². The third kappa shape index (κ3) is 5.58. The molecule has 2 aliphatic heterocycles. The molecule has 1 amide bonds. The first kappa shape index (κ1) is 23.8. The Hall–Kier alpha value is -2.38. The zero-order chi connectivity index (χ0) is 23.2. The number of piperidine rings is 2. The maximum atomic E-state index is 13.6. The maximum absolute atomic E-state index is 13.6. The first-order valence-electron chi connectivity index (χ1n) is 12.3. The van der Waals surface area contributed by atoms with E-state index in [-0.39, 0.29) is 5.91 Å². The topological polar surface area (TPSA) is 70.7 Å². The van der Waals surface area contributed by atoms with Gasteiger partial charge in [0.25, 0.3) is 0 Å². The van der Waals surface area contributed by atoms with E-state index in [4.69, 9.17) is 9.47 Å². The summed E-state index contributed by atoms with van der Waals surface area (Å²) in [7, 11) is 3.36. The van der Waals surface area contributed by atoms with Crippen molar-refractivity contribution in [3.05, 3.63) is 35.5 Å². The first-order chi connectivity index (χ1) is 16.1. The predicted octanol–water partition coefficient (Wildman–Crippen LogP) is 3.68. The van der Waals surface area contributed by atoms with E-state index < -0.39 is 0 Å². The number of hydrogen-bond acceptors (Lipinski definition) is 5. The monoisotopic (exact) mass is 454 g/mol. The number of rotatable bonds is 9. The van der Waals surface area contributed by atoms with Crippen LogP contribution in [0.15, 0.2) is 24.3 Å². The molecule has 0 spiro atoms. The molecule has 2 saturated heterocycles. The Kier molecular flexibility index (Phi) is 8.04. The Labute approximate surface area is 197 Å². The van der Waals surface area contributed by atoms with Gasteiger partial charge in [0.05, 0.1) is 25.8 Å². The minimum Gasteiger partial charge on any atom is -0.497 e. The Morgan fingerprint density at radius 3 is 2.70 bits per heavy atom. The summed E-state index contributed by atoms with van der Waals surface area (Å²) in [6.07, 6.45) is 6.66. The van der Waals surface area contributed by atoms with Gasteiger partial charge in [0, 0.05) is 43.1 Å². The van der Waals surface area contributed by atoms with Crippen LogP contribution in [-0.2, 0) is 16.0 Å². The minimum atomic E-state index is 0.152. The van der Waals surface area contributed by atoms with Gasteiger partial charge >= 0.3 is 0 Å². The van der Waals surface area contributed by atoms with Crippen LogP contribution in [0.5, 0.6) is 5.75 Å². The van der Waals surface area contributed by atoms with Crippen molar-refractivity contribution in [2.45, 2.75) is 51.5 Å². The molecule has 4 rings (SSSR count). The fourth-order valence-electron chi connectivity index (χ4n) is 5.51. The van der Waals surface area contributed by atoms with E-state index in [0.29, 0.717) is 31.5 Å². The van der Waals surface area contributed by atoms with E-state index in [9.17, 15) is 4.79 Å². The molecule has 1 aromatic heterocycles. The quantitative estimate of drug-likeness (QED) is 0.626. The predicted molar refractivity (Wildman–Crippen MR) is 129 cm³/mol. The lowest BCUT2D eigenvalue weighted by Gasteiger charge is -2.45. The lowest BCUT2D eigenvalue weighted by atomic mass is 9.83. The van der Waals surface area contributed by atoms with Gasteiger partial charge in [0.2, 0.25) is 5.91 Å². The SMILES string of the molecule is COCCN(C[C@@H]1CCCN2CCCC[C@H]12)C(=O)Cc1c(-c2ccc(OC)cc2)n[nH]c1C. The van der Waals surface area contributed by atoms with Gasteiger partial charge in [-0.25, -0.2) is 0 Å². The average molecular weight is 455 g/mol. The summed E-state index contributed by atoms with van der Waals surface area (Å²) in [6.45, 7) is 6.43. The van der Waals surface area contributed by atoms with Crippen LogP contribution in [0, 0.1) is 12.8 Å². The fraction of sp³-hybridized carbons (Fsp3) is 0.615. The summed E-state index contributed by atoms with van der Waals surface area (Å²) in [6, 6.07) is 8.45. The molecule has 2 fully saturated rings. The van der Waals surface area contributed by atoms with Crippen LogP contribution in [0.4, 0.5) is 0 Å². The Bertz CT molecular complexity index is 909. The van der Waals surface area contributed by atoms with Gasteiger partial charge in [-0.1, -0.05) is 6.42 Å². The van der Waals surface area contributed by atoms with Crippen molar-refractivity contribution in [3.63, 3.8) is 0 Å². The molecule has 0 unspecified atom stereocenters. The highest BCUT2D eigenvalue weighted by Gasteiger charge is 2.34. The lowest BCUT2D eigenvalue weighted by Crippen LogP contribution is -2.52. The number of fused-ring (bicyclic) bond motifs is 1. The molecule has 2 aromatic rings. The number of carbonyl (C=O) groups is 1. The summed E-state index contributed by atoms with van der Waals surface area (Å²) in [5.41, 5.74) is 3.73. The van der Waals surface area contributed by atoms with E-state index in [0.717, 1.165) is 34.8 Å². The van der Waals surface area contributed by atoms with Crippen LogP contribution in [-0.4, -0.2) is 79.0 Å². The number of aromatic amines is 1. The number of H-pyrrole nitrogens is 1. The average Bonchev–Trinajstić information content (AvgIpc) is 3.21. The van der Waals surface area contributed by atoms with Gasteiger partial charge in [-0.05, 0) is 75.9 Å². The molecular weight excluding hydrogens is 416 g/mol. The van der Waals surface area contributed by atoms with Crippen molar-refractivity contribution in [1.82, 2.24) is 20.0 Å². The van der Waals surface area contributed by atoms with E-state index in [1.165, 1.54) is 45.2 Å². The van der Waals surface area contributed by atoms with Gasteiger partial charge in [0.15, 0.2) is 0 Å². The van der Waals surface area contributed by atoms with Crippen molar-refractivity contribution in [1.29, 1.82) is 0 Å². The second-order valence-corrected chi connectivity index (χ2v) is 9.42. The second kappa shape index (κ2) is 11.2. The van der Waals surface area contributed by atoms with Crippen LogP contribution in [0.25, 0.3) is 11.3 Å². The highest BCUT2D eigenvalue weighted by atomic mass is 16.5. The number of ether oxygens (including phenoxy) is 2. The first-order valence-corrected chi connectivity index (χ1v) is 12.3. The van der Waals surface area contributed by atoms with Crippen LogP contribution >= 0.6 is 0 Å². The van der Waals surface area contributed by atoms with Crippen molar-refractivity contribution >= 4 is 5.91 Å². The largest absolute Gasteiger partial charge is 0.497 e. The third-order valence-corrected chi connectivity index (χ3v) is 7.37. The van der Waals surface area contributed by atoms with Gasteiger partial charge in [-0.3, -0.25) is 9.89 Å². The number of nitrogens with zero attached hydrogens (tertiary/aromatic N) is 3. The van der Waals surface area contributed by atoms with Crippen LogP contribution in [0.3, 0.4) is 0 Å². The van der Waals surface area contributed by atoms with Gasteiger partial charge in [0.1, 0.15) is 5.75 Å². The molecule has 2 atom stereocenters. The van der Waals surface area contributed by atoms with Crippen LogP contribution < -0.4 is 4.74 Å². The Balaban J connectivity index is 1.50. The summed E-state index contributed by atoms with van der Waals surface area (Å²) in [5.74, 6) is 1.50. The number of methoxy groups -OCH3 is 2. The minimum absolute atomic E-state index is 0.152. The molecule has 33 heavy (non-hydrogen) atoms. The van der Waals surface area contributed by atoms with E-state index in [1.807, 2.05) is 36.1 Å². The molecule has 7 nitrogen and oxygen atoms in total. The van der Waals surface area contributed by atoms with E-state index >= 15 is 0 Å². The normalized spacial score (nSPS) is 20.9. The number of hydrogen-bond donors (Lipinski definition) is 1. The van der Waals surface area contributed by atoms with Crippen LogP contribution in [0.2, 0.25) is 0 Å². The molecule has 180 valence electrons.